The standard InChI is InChI=1S/C12H16N2O3/c1-8(13)11(15)17-12(16)10(14)7-9-5-3-2-4-6-9/h2-6,8,10H,7,13-14H2,1H3/t8-,10-/m0/s1. The normalized spacial score (nSPS) is 13.8. The number of hydrogen-bond acceptors (Lipinski definition) is 5. The first-order valence-electron chi connectivity index (χ1n) is 5.31. The Hall–Kier alpha value is -1.72. The average Bonchev–Trinajstić information content (AvgIpc) is 2.29. The van der Waals surface area contributed by atoms with Crippen molar-refractivity contribution in [2.45, 2.75) is 25.4 Å². The highest BCUT2D eigenvalue weighted by molar-refractivity contribution is 5.90. The molecule has 0 aromatic heterocycles. The molecule has 92 valence electrons. The zero-order valence-electron chi connectivity index (χ0n) is 9.63. The number of rotatable bonds is 4. The van der Waals surface area contributed by atoms with E-state index in [1.165, 1.54) is 6.92 Å². The van der Waals surface area contributed by atoms with Crippen molar-refractivity contribution in [1.29, 1.82) is 0 Å². The maximum Gasteiger partial charge on any atom is 0.330 e. The van der Waals surface area contributed by atoms with Crippen LogP contribution in [0.2, 0.25) is 0 Å². The molecule has 0 heterocycles. The van der Waals surface area contributed by atoms with Gasteiger partial charge >= 0.3 is 11.9 Å². The third kappa shape index (κ3) is 4.34. The largest absolute Gasteiger partial charge is 0.391 e. The quantitative estimate of drug-likeness (QED) is 0.565. The van der Waals surface area contributed by atoms with E-state index in [0.717, 1.165) is 5.56 Å². The molecule has 0 aliphatic heterocycles. The molecule has 1 aromatic carbocycles. The first-order chi connectivity index (χ1) is 8.00. The van der Waals surface area contributed by atoms with E-state index in [4.69, 9.17) is 11.5 Å². The SMILES string of the molecule is C[C@H](N)C(=O)OC(=O)[C@@H](N)Cc1ccccc1. The van der Waals surface area contributed by atoms with Gasteiger partial charge in [-0.3, -0.25) is 0 Å². The number of benzene rings is 1. The maximum absolute atomic E-state index is 11.4. The van der Waals surface area contributed by atoms with Crippen molar-refractivity contribution in [2.75, 3.05) is 0 Å². The lowest BCUT2D eigenvalue weighted by atomic mass is 10.1. The molecule has 0 spiro atoms. The summed E-state index contributed by atoms with van der Waals surface area (Å²) in [6.07, 6.45) is 0.325. The summed E-state index contributed by atoms with van der Waals surface area (Å²) in [4.78, 5) is 22.5. The number of carbonyl (C=O) groups is 2. The van der Waals surface area contributed by atoms with E-state index in [1.54, 1.807) is 0 Å². The van der Waals surface area contributed by atoms with Gasteiger partial charge in [-0.2, -0.15) is 0 Å². The van der Waals surface area contributed by atoms with Gasteiger partial charge in [0, 0.05) is 0 Å². The summed E-state index contributed by atoms with van der Waals surface area (Å²) in [5.74, 6) is -1.52. The number of nitrogens with two attached hydrogens (primary N) is 2. The Morgan fingerprint density at radius 2 is 1.76 bits per heavy atom. The summed E-state index contributed by atoms with van der Waals surface area (Å²) in [6, 6.07) is 7.57. The van der Waals surface area contributed by atoms with Gasteiger partial charge in [-0.1, -0.05) is 30.3 Å². The molecule has 0 amide bonds. The fourth-order valence-electron chi connectivity index (χ4n) is 1.22. The summed E-state index contributed by atoms with van der Waals surface area (Å²) in [5, 5.41) is 0. The van der Waals surface area contributed by atoms with E-state index in [1.807, 2.05) is 30.3 Å². The van der Waals surface area contributed by atoms with Crippen LogP contribution < -0.4 is 11.5 Å². The van der Waals surface area contributed by atoms with Gasteiger partial charge in [-0.25, -0.2) is 9.59 Å². The molecule has 0 radical (unpaired) electrons. The minimum Gasteiger partial charge on any atom is -0.391 e. The van der Waals surface area contributed by atoms with Crippen molar-refractivity contribution in [3.05, 3.63) is 35.9 Å². The molecule has 5 nitrogen and oxygen atoms in total. The molecule has 17 heavy (non-hydrogen) atoms. The fraction of sp³-hybridized carbons (Fsp3) is 0.333. The Balaban J connectivity index is 2.51. The van der Waals surface area contributed by atoms with Crippen molar-refractivity contribution in [2.24, 2.45) is 11.5 Å². The Morgan fingerprint density at radius 1 is 1.18 bits per heavy atom. The first kappa shape index (κ1) is 13.3. The molecule has 0 saturated heterocycles. The third-order valence-corrected chi connectivity index (χ3v) is 2.17. The zero-order valence-corrected chi connectivity index (χ0v) is 9.63. The molecule has 1 rings (SSSR count). The molecule has 4 N–H and O–H groups in total. The van der Waals surface area contributed by atoms with Gasteiger partial charge < -0.3 is 16.2 Å². The minimum absolute atomic E-state index is 0.325. The van der Waals surface area contributed by atoms with Gasteiger partial charge in [0.05, 0.1) is 0 Å². The van der Waals surface area contributed by atoms with Gasteiger partial charge in [-0.05, 0) is 18.9 Å². The summed E-state index contributed by atoms with van der Waals surface area (Å²) in [7, 11) is 0. The molecule has 1 aromatic rings. The molecule has 5 heteroatoms. The van der Waals surface area contributed by atoms with Crippen molar-refractivity contribution in [3.8, 4) is 0 Å². The molecule has 0 saturated carbocycles. The van der Waals surface area contributed by atoms with E-state index in [0.29, 0.717) is 6.42 Å². The van der Waals surface area contributed by atoms with E-state index < -0.39 is 24.0 Å². The fourth-order valence-corrected chi connectivity index (χ4v) is 1.22. The summed E-state index contributed by atoms with van der Waals surface area (Å²) in [5.41, 5.74) is 11.8. The van der Waals surface area contributed by atoms with Crippen LogP contribution in [-0.4, -0.2) is 24.0 Å². The molecule has 0 unspecified atom stereocenters. The van der Waals surface area contributed by atoms with Crippen LogP contribution in [0.25, 0.3) is 0 Å². The van der Waals surface area contributed by atoms with Crippen LogP contribution >= 0.6 is 0 Å². The lowest BCUT2D eigenvalue weighted by Crippen LogP contribution is -2.39. The van der Waals surface area contributed by atoms with Crippen LogP contribution in [0.3, 0.4) is 0 Å². The number of esters is 2. The smallest absolute Gasteiger partial charge is 0.330 e. The van der Waals surface area contributed by atoms with E-state index in [-0.39, 0.29) is 0 Å². The van der Waals surface area contributed by atoms with Crippen LogP contribution in [-0.2, 0) is 20.7 Å². The molecule has 0 aliphatic carbocycles. The van der Waals surface area contributed by atoms with E-state index in [9.17, 15) is 9.59 Å². The number of carbonyl (C=O) groups excluding carboxylic acids is 2. The Labute approximate surface area is 99.7 Å². The van der Waals surface area contributed by atoms with Crippen LogP contribution in [0, 0.1) is 0 Å². The molecular formula is C12H16N2O3. The molecule has 0 bridgehead atoms. The first-order valence-corrected chi connectivity index (χ1v) is 5.31. The second kappa shape index (κ2) is 6.12. The van der Waals surface area contributed by atoms with Crippen molar-refractivity contribution >= 4 is 11.9 Å². The van der Waals surface area contributed by atoms with Gasteiger partial charge in [0.15, 0.2) is 0 Å². The molecular weight excluding hydrogens is 220 g/mol. The van der Waals surface area contributed by atoms with Crippen molar-refractivity contribution in [3.63, 3.8) is 0 Å². The Bertz CT molecular complexity index is 390. The van der Waals surface area contributed by atoms with Crippen LogP contribution in [0.5, 0.6) is 0 Å². The summed E-state index contributed by atoms with van der Waals surface area (Å²) in [6.45, 7) is 1.44. The molecule has 0 aliphatic rings. The Morgan fingerprint density at radius 3 is 2.29 bits per heavy atom. The predicted molar refractivity (Wildman–Crippen MR) is 62.9 cm³/mol. The summed E-state index contributed by atoms with van der Waals surface area (Å²) >= 11 is 0. The van der Waals surface area contributed by atoms with Gasteiger partial charge in [-0.15, -0.1) is 0 Å². The van der Waals surface area contributed by atoms with Crippen LogP contribution in [0.15, 0.2) is 30.3 Å². The zero-order chi connectivity index (χ0) is 12.8. The van der Waals surface area contributed by atoms with Crippen molar-refractivity contribution < 1.29 is 14.3 Å². The van der Waals surface area contributed by atoms with Crippen LogP contribution in [0.1, 0.15) is 12.5 Å². The lowest BCUT2D eigenvalue weighted by Gasteiger charge is -2.11. The van der Waals surface area contributed by atoms with Gasteiger partial charge in [0.2, 0.25) is 0 Å². The van der Waals surface area contributed by atoms with Gasteiger partial charge in [0.25, 0.3) is 0 Å². The van der Waals surface area contributed by atoms with Crippen molar-refractivity contribution in [1.82, 2.24) is 0 Å². The molecule has 0 fully saturated rings. The average molecular weight is 236 g/mol. The molecule has 2 atom stereocenters. The van der Waals surface area contributed by atoms with E-state index >= 15 is 0 Å². The highest BCUT2D eigenvalue weighted by Crippen LogP contribution is 2.03. The highest BCUT2D eigenvalue weighted by atomic mass is 16.6. The maximum atomic E-state index is 11.4. The number of ether oxygens (including phenoxy) is 1. The second-order valence-corrected chi connectivity index (χ2v) is 3.83. The summed E-state index contributed by atoms with van der Waals surface area (Å²) < 4.78 is 4.52. The lowest BCUT2D eigenvalue weighted by molar-refractivity contribution is -0.161. The monoisotopic (exact) mass is 236 g/mol. The third-order valence-electron chi connectivity index (χ3n) is 2.17. The van der Waals surface area contributed by atoms with Gasteiger partial charge in [0.1, 0.15) is 12.1 Å². The number of hydrogen-bond donors (Lipinski definition) is 2. The van der Waals surface area contributed by atoms with Crippen LogP contribution in [0.4, 0.5) is 0 Å². The minimum atomic E-state index is -0.861. The topological polar surface area (TPSA) is 95.4 Å². The van der Waals surface area contributed by atoms with E-state index in [2.05, 4.69) is 4.74 Å². The second-order valence-electron chi connectivity index (χ2n) is 3.83. The highest BCUT2D eigenvalue weighted by Gasteiger charge is 2.20. The predicted octanol–water partition coefficient (Wildman–Crippen LogP) is -0.0266. The Kier molecular flexibility index (Phi) is 4.81.